The van der Waals surface area contributed by atoms with Crippen LogP contribution in [0.2, 0.25) is 0 Å². The molecule has 5 nitrogen and oxygen atoms in total. The van der Waals surface area contributed by atoms with Crippen LogP contribution in [-0.4, -0.2) is 27.9 Å². The van der Waals surface area contributed by atoms with Crippen molar-refractivity contribution < 1.29 is 9.53 Å². The third-order valence-corrected chi connectivity index (χ3v) is 4.56. The van der Waals surface area contributed by atoms with Crippen molar-refractivity contribution in [2.24, 2.45) is 0 Å². The Morgan fingerprint density at radius 2 is 1.71 bits per heavy atom. The summed E-state index contributed by atoms with van der Waals surface area (Å²) in [5.74, 6) is 0.747. The zero-order valence-corrected chi connectivity index (χ0v) is 15.7. The van der Waals surface area contributed by atoms with Gasteiger partial charge >= 0.3 is 0 Å². The van der Waals surface area contributed by atoms with Crippen molar-refractivity contribution in [2.75, 3.05) is 7.11 Å². The maximum atomic E-state index is 13.1. The molecule has 0 amide bonds. The van der Waals surface area contributed by atoms with Crippen molar-refractivity contribution in [1.29, 1.82) is 0 Å². The van der Waals surface area contributed by atoms with Gasteiger partial charge in [0.1, 0.15) is 11.4 Å². The summed E-state index contributed by atoms with van der Waals surface area (Å²) >= 11 is 0. The molecular weight excluding hydrogens is 350 g/mol. The van der Waals surface area contributed by atoms with Gasteiger partial charge in [0.05, 0.1) is 19.0 Å². The molecule has 0 aliphatic carbocycles. The normalized spacial score (nSPS) is 10.6. The van der Waals surface area contributed by atoms with E-state index in [0.717, 1.165) is 22.6 Å². The van der Waals surface area contributed by atoms with E-state index < -0.39 is 0 Å². The van der Waals surface area contributed by atoms with E-state index in [1.54, 1.807) is 11.8 Å². The lowest BCUT2D eigenvalue weighted by Crippen LogP contribution is -2.04. The molecule has 0 bridgehead atoms. The van der Waals surface area contributed by atoms with Gasteiger partial charge in [-0.25, -0.2) is 4.68 Å². The Balaban J connectivity index is 1.74. The molecule has 0 fully saturated rings. The molecule has 0 unspecified atom stereocenters. The first-order chi connectivity index (χ1) is 13.7. The molecule has 0 aliphatic rings. The molecule has 1 heterocycles. The minimum Gasteiger partial charge on any atom is -0.497 e. The molecule has 0 aliphatic heterocycles. The number of aromatic nitrogens is 3. The second kappa shape index (κ2) is 7.48. The summed E-state index contributed by atoms with van der Waals surface area (Å²) in [7, 11) is 1.63. The van der Waals surface area contributed by atoms with Crippen molar-refractivity contribution in [2.45, 2.75) is 6.92 Å². The topological polar surface area (TPSA) is 57.0 Å². The van der Waals surface area contributed by atoms with Gasteiger partial charge in [-0.15, -0.1) is 5.10 Å². The van der Waals surface area contributed by atoms with Crippen molar-refractivity contribution in [3.05, 3.63) is 95.7 Å². The summed E-state index contributed by atoms with van der Waals surface area (Å²) in [6.07, 6.45) is 1.83. The maximum absolute atomic E-state index is 13.1. The van der Waals surface area contributed by atoms with E-state index in [2.05, 4.69) is 10.3 Å². The monoisotopic (exact) mass is 369 g/mol. The fourth-order valence-corrected chi connectivity index (χ4v) is 3.06. The fourth-order valence-electron chi connectivity index (χ4n) is 3.06. The van der Waals surface area contributed by atoms with Crippen molar-refractivity contribution in [3.63, 3.8) is 0 Å². The van der Waals surface area contributed by atoms with Gasteiger partial charge in [-0.2, -0.15) is 0 Å². The van der Waals surface area contributed by atoms with E-state index in [1.807, 2.05) is 85.9 Å². The SMILES string of the molecule is COc1ccc(-n2cc(-c3ccc(C)cc3C(=O)c3ccccc3)nn2)cc1. The highest BCUT2D eigenvalue weighted by Gasteiger charge is 2.17. The van der Waals surface area contributed by atoms with E-state index in [-0.39, 0.29) is 5.78 Å². The van der Waals surface area contributed by atoms with Crippen molar-refractivity contribution in [3.8, 4) is 22.7 Å². The van der Waals surface area contributed by atoms with Crippen LogP contribution >= 0.6 is 0 Å². The molecule has 28 heavy (non-hydrogen) atoms. The lowest BCUT2D eigenvalue weighted by atomic mass is 9.95. The summed E-state index contributed by atoms with van der Waals surface area (Å²) in [4.78, 5) is 13.1. The number of hydrogen-bond acceptors (Lipinski definition) is 4. The highest BCUT2D eigenvalue weighted by Crippen LogP contribution is 2.26. The van der Waals surface area contributed by atoms with E-state index >= 15 is 0 Å². The molecule has 138 valence electrons. The van der Waals surface area contributed by atoms with Crippen LogP contribution in [-0.2, 0) is 0 Å². The first kappa shape index (κ1) is 17.7. The second-order valence-electron chi connectivity index (χ2n) is 6.49. The van der Waals surface area contributed by atoms with Gasteiger partial charge in [0.25, 0.3) is 0 Å². The number of methoxy groups -OCH3 is 1. The predicted octanol–water partition coefficient (Wildman–Crippen LogP) is 4.48. The van der Waals surface area contributed by atoms with E-state index in [4.69, 9.17) is 4.74 Å². The number of carbonyl (C=O) groups excluding carboxylic acids is 1. The lowest BCUT2D eigenvalue weighted by Gasteiger charge is -2.08. The first-order valence-corrected chi connectivity index (χ1v) is 8.93. The third-order valence-electron chi connectivity index (χ3n) is 4.56. The molecule has 4 aromatic rings. The van der Waals surface area contributed by atoms with E-state index in [9.17, 15) is 4.79 Å². The van der Waals surface area contributed by atoms with Gasteiger partial charge in [-0.05, 0) is 37.3 Å². The third kappa shape index (κ3) is 3.42. The predicted molar refractivity (Wildman–Crippen MR) is 108 cm³/mol. The zero-order chi connectivity index (χ0) is 19.5. The molecule has 0 saturated heterocycles. The average Bonchev–Trinajstić information content (AvgIpc) is 3.24. The minimum absolute atomic E-state index is 0.0294. The van der Waals surface area contributed by atoms with Crippen LogP contribution < -0.4 is 4.74 Å². The molecule has 3 aromatic carbocycles. The van der Waals surface area contributed by atoms with Crippen LogP contribution in [0.5, 0.6) is 5.75 Å². The molecule has 0 N–H and O–H groups in total. The number of nitrogens with zero attached hydrogens (tertiary/aromatic N) is 3. The number of rotatable bonds is 5. The van der Waals surface area contributed by atoms with E-state index in [0.29, 0.717) is 16.8 Å². The van der Waals surface area contributed by atoms with Gasteiger partial charge in [0, 0.05) is 16.7 Å². The van der Waals surface area contributed by atoms with Gasteiger partial charge in [0.15, 0.2) is 5.78 Å². The highest BCUT2D eigenvalue weighted by molar-refractivity contribution is 6.12. The second-order valence-corrected chi connectivity index (χ2v) is 6.49. The molecule has 1 aromatic heterocycles. The number of carbonyl (C=O) groups is 1. The number of ketones is 1. The molecule has 0 saturated carbocycles. The standard InChI is InChI=1S/C23H19N3O2/c1-16-8-13-20(21(14-16)23(27)17-6-4-3-5-7-17)22-15-26(25-24-22)18-9-11-19(28-2)12-10-18/h3-15H,1-2H3. The molecule has 4 rings (SSSR count). The van der Waals surface area contributed by atoms with Crippen LogP contribution in [0.15, 0.2) is 79.0 Å². The summed E-state index contributed by atoms with van der Waals surface area (Å²) in [5.41, 5.74) is 4.56. The van der Waals surface area contributed by atoms with Crippen LogP contribution in [0.25, 0.3) is 16.9 Å². The Bertz CT molecular complexity index is 1120. The Labute approximate surface area is 163 Å². The van der Waals surface area contributed by atoms with Gasteiger partial charge in [-0.1, -0.05) is 53.2 Å². The number of ether oxygens (including phenoxy) is 1. The summed E-state index contributed by atoms with van der Waals surface area (Å²) in [6.45, 7) is 1.97. The van der Waals surface area contributed by atoms with Gasteiger partial charge in [-0.3, -0.25) is 4.79 Å². The fraction of sp³-hybridized carbons (Fsp3) is 0.0870. The Morgan fingerprint density at radius 3 is 2.43 bits per heavy atom. The van der Waals surface area contributed by atoms with Crippen LogP contribution in [0.4, 0.5) is 0 Å². The molecule has 0 spiro atoms. The summed E-state index contributed by atoms with van der Waals surface area (Å²) in [6, 6.07) is 22.6. The van der Waals surface area contributed by atoms with Gasteiger partial charge < -0.3 is 4.74 Å². The summed E-state index contributed by atoms with van der Waals surface area (Å²) in [5, 5.41) is 8.53. The first-order valence-electron chi connectivity index (χ1n) is 8.93. The lowest BCUT2D eigenvalue weighted by molar-refractivity contribution is 0.103. The average molecular weight is 369 g/mol. The quantitative estimate of drug-likeness (QED) is 0.487. The minimum atomic E-state index is -0.0294. The number of aryl methyl sites for hydroxylation is 1. The number of hydrogen-bond donors (Lipinski definition) is 0. The largest absolute Gasteiger partial charge is 0.497 e. The Morgan fingerprint density at radius 1 is 0.964 bits per heavy atom. The molecule has 5 heteroatoms. The van der Waals surface area contributed by atoms with E-state index in [1.165, 1.54) is 0 Å². The van der Waals surface area contributed by atoms with Crippen molar-refractivity contribution in [1.82, 2.24) is 15.0 Å². The molecular formula is C23H19N3O2. The highest BCUT2D eigenvalue weighted by atomic mass is 16.5. The van der Waals surface area contributed by atoms with Gasteiger partial charge in [0.2, 0.25) is 0 Å². The molecule has 0 atom stereocenters. The summed E-state index contributed by atoms with van der Waals surface area (Å²) < 4.78 is 6.88. The maximum Gasteiger partial charge on any atom is 0.193 e. The van der Waals surface area contributed by atoms with Crippen molar-refractivity contribution >= 4 is 5.78 Å². The smallest absolute Gasteiger partial charge is 0.193 e. The Kier molecular flexibility index (Phi) is 4.72. The zero-order valence-electron chi connectivity index (χ0n) is 15.7. The van der Waals surface area contributed by atoms with Crippen LogP contribution in [0.3, 0.4) is 0 Å². The van der Waals surface area contributed by atoms with Crippen LogP contribution in [0.1, 0.15) is 21.5 Å². The molecule has 0 radical (unpaired) electrons. The Hall–Kier alpha value is -3.73. The number of benzene rings is 3. The van der Waals surface area contributed by atoms with Crippen LogP contribution in [0, 0.1) is 6.92 Å².